The maximum absolute atomic E-state index is 12.3. The maximum atomic E-state index is 12.3. The largest absolute Gasteiger partial charge is 0.507 e. The van der Waals surface area contributed by atoms with Crippen LogP contribution >= 0.6 is 0 Å². The van der Waals surface area contributed by atoms with Crippen LogP contribution in [0.2, 0.25) is 0 Å². The number of hydrogen-bond acceptors (Lipinski definition) is 12. The number of ketones is 1. The van der Waals surface area contributed by atoms with Crippen LogP contribution in [0.15, 0.2) is 12.1 Å². The van der Waals surface area contributed by atoms with Gasteiger partial charge in [0.05, 0.1) is 12.7 Å². The van der Waals surface area contributed by atoms with Crippen molar-refractivity contribution in [2.45, 2.75) is 71.6 Å². The molecule has 0 spiro atoms. The van der Waals surface area contributed by atoms with Gasteiger partial charge in [0, 0.05) is 40.2 Å². The monoisotopic (exact) mass is 510 g/mol. The molecule has 0 unspecified atom stereocenters. The average Bonchev–Trinajstić information content (AvgIpc) is 2.74. The van der Waals surface area contributed by atoms with Crippen molar-refractivity contribution in [3.63, 3.8) is 0 Å². The van der Waals surface area contributed by atoms with Crippen molar-refractivity contribution < 1.29 is 57.5 Å². The molecule has 36 heavy (non-hydrogen) atoms. The van der Waals surface area contributed by atoms with E-state index in [1.807, 2.05) is 0 Å². The zero-order valence-corrected chi connectivity index (χ0v) is 20.9. The summed E-state index contributed by atoms with van der Waals surface area (Å²) in [5.41, 5.74) is 0.281. The van der Waals surface area contributed by atoms with Crippen molar-refractivity contribution in [3.8, 4) is 11.5 Å². The molecule has 198 valence electrons. The Labute approximate surface area is 207 Å². The summed E-state index contributed by atoms with van der Waals surface area (Å²) in [6, 6.07) is 2.78. The van der Waals surface area contributed by atoms with E-state index in [4.69, 9.17) is 28.4 Å². The van der Waals surface area contributed by atoms with Gasteiger partial charge in [0.25, 0.3) is 0 Å². The Hall–Kier alpha value is -3.67. The molecule has 1 saturated heterocycles. The van der Waals surface area contributed by atoms with E-state index in [0.717, 1.165) is 20.8 Å². The molecule has 1 fully saturated rings. The molecule has 0 amide bonds. The van der Waals surface area contributed by atoms with Gasteiger partial charge in [0.15, 0.2) is 24.1 Å². The van der Waals surface area contributed by atoms with Gasteiger partial charge in [0.2, 0.25) is 0 Å². The van der Waals surface area contributed by atoms with Crippen molar-refractivity contribution in [1.82, 2.24) is 0 Å². The number of phenolic OH excluding ortho intramolecular Hbond substituents is 1. The molecule has 1 N–H and O–H groups in total. The minimum absolute atomic E-state index is 0.0105. The predicted molar refractivity (Wildman–Crippen MR) is 120 cm³/mol. The van der Waals surface area contributed by atoms with Gasteiger partial charge in [-0.3, -0.25) is 24.0 Å². The third kappa shape index (κ3) is 7.41. The van der Waals surface area contributed by atoms with Gasteiger partial charge in [-0.25, -0.2) is 0 Å². The second kappa shape index (κ2) is 12.3. The quantitative estimate of drug-likeness (QED) is 0.288. The lowest BCUT2D eigenvalue weighted by Gasteiger charge is -2.44. The molecule has 0 saturated carbocycles. The highest BCUT2D eigenvalue weighted by Gasteiger charge is 2.52. The summed E-state index contributed by atoms with van der Waals surface area (Å²) in [4.78, 5) is 59.6. The highest BCUT2D eigenvalue weighted by molar-refractivity contribution is 5.98. The fourth-order valence-corrected chi connectivity index (χ4v) is 4.04. The van der Waals surface area contributed by atoms with Gasteiger partial charge in [-0.2, -0.15) is 0 Å². The van der Waals surface area contributed by atoms with Gasteiger partial charge < -0.3 is 33.5 Å². The molecule has 1 aliphatic rings. The summed E-state index contributed by atoms with van der Waals surface area (Å²) >= 11 is 0. The second-order valence-corrected chi connectivity index (χ2v) is 8.18. The van der Waals surface area contributed by atoms with Crippen LogP contribution in [0.5, 0.6) is 11.5 Å². The first kappa shape index (κ1) is 28.6. The summed E-state index contributed by atoms with van der Waals surface area (Å²) in [6.07, 6.45) is -6.27. The van der Waals surface area contributed by atoms with Crippen LogP contribution in [0.3, 0.4) is 0 Å². The first-order valence-electron chi connectivity index (χ1n) is 11.0. The second-order valence-electron chi connectivity index (χ2n) is 8.18. The highest BCUT2D eigenvalue weighted by atomic mass is 16.7. The number of carbonyl (C=O) groups is 5. The molecule has 0 aliphatic carbocycles. The minimum Gasteiger partial charge on any atom is -0.507 e. The first-order chi connectivity index (χ1) is 16.8. The Kier molecular flexibility index (Phi) is 9.79. The van der Waals surface area contributed by atoms with Crippen LogP contribution in [0.25, 0.3) is 0 Å². The van der Waals surface area contributed by atoms with Crippen LogP contribution in [-0.2, 0) is 49.3 Å². The van der Waals surface area contributed by atoms with Crippen molar-refractivity contribution >= 4 is 29.7 Å². The van der Waals surface area contributed by atoms with E-state index in [1.54, 1.807) is 0 Å². The molecule has 2 rings (SSSR count). The summed E-state index contributed by atoms with van der Waals surface area (Å²) < 4.78 is 32.5. The van der Waals surface area contributed by atoms with Crippen molar-refractivity contribution in [2.24, 2.45) is 0 Å². The van der Waals surface area contributed by atoms with E-state index < -0.39 is 60.2 Å². The molecule has 1 heterocycles. The average molecular weight is 510 g/mol. The molecule has 0 radical (unpaired) electrons. The Morgan fingerprint density at radius 2 is 1.33 bits per heavy atom. The third-order valence-electron chi connectivity index (χ3n) is 5.27. The molecule has 1 aromatic carbocycles. The molecule has 1 aliphatic heterocycles. The molecule has 5 atom stereocenters. The van der Waals surface area contributed by atoms with Crippen molar-refractivity contribution in [2.75, 3.05) is 13.7 Å². The first-order valence-corrected chi connectivity index (χ1v) is 11.0. The number of carbonyl (C=O) groups excluding carboxylic acids is 5. The highest BCUT2D eigenvalue weighted by Crippen LogP contribution is 2.34. The number of benzene rings is 1. The standard InChI is InChI=1S/C24H30O12/c1-11(25)21-16(7-17(31-6)9-18(21)30)8-19-22(33-13(3)27)24(35-15(5)29)23(34-14(4)28)20(36-19)10-32-12(2)26/h7,9,19-20,22-24,30H,8,10H2,1-6H3/t19-,20+,22-,23+,24+/m0/s1. The lowest BCUT2D eigenvalue weighted by atomic mass is 9.88. The Bertz CT molecular complexity index is 1020. The number of hydrogen-bond donors (Lipinski definition) is 1. The zero-order valence-electron chi connectivity index (χ0n) is 20.9. The van der Waals surface area contributed by atoms with E-state index in [9.17, 15) is 29.1 Å². The van der Waals surface area contributed by atoms with Gasteiger partial charge in [-0.15, -0.1) is 0 Å². The number of rotatable bonds is 9. The smallest absolute Gasteiger partial charge is 0.303 e. The molecular weight excluding hydrogens is 480 g/mol. The Morgan fingerprint density at radius 1 is 0.806 bits per heavy atom. The van der Waals surface area contributed by atoms with E-state index in [1.165, 1.54) is 33.1 Å². The van der Waals surface area contributed by atoms with Crippen molar-refractivity contribution in [1.29, 1.82) is 0 Å². The fraction of sp³-hybridized carbons (Fsp3) is 0.542. The summed E-state index contributed by atoms with van der Waals surface area (Å²) in [7, 11) is 1.38. The number of Topliss-reactive ketones (excluding diaryl/α,β-unsaturated/α-hetero) is 1. The SMILES string of the molecule is COc1cc(O)c(C(C)=O)c(C[C@@H]2O[C@H](COC(C)=O)[C@@H](OC(C)=O)[C@H](OC(C)=O)[C@H]2OC(C)=O)c1. The Balaban J connectivity index is 2.61. The van der Waals surface area contributed by atoms with Crippen LogP contribution < -0.4 is 4.74 Å². The number of phenols is 1. The number of esters is 4. The number of methoxy groups -OCH3 is 1. The van der Waals surface area contributed by atoms with E-state index in [-0.39, 0.29) is 30.1 Å². The molecule has 0 bridgehead atoms. The number of aromatic hydroxyl groups is 1. The van der Waals surface area contributed by atoms with Crippen LogP contribution in [0.4, 0.5) is 0 Å². The minimum atomic E-state index is -1.34. The van der Waals surface area contributed by atoms with Crippen molar-refractivity contribution in [3.05, 3.63) is 23.3 Å². The zero-order chi connectivity index (χ0) is 27.2. The molecular formula is C24H30O12. The lowest BCUT2D eigenvalue weighted by Crippen LogP contribution is -2.62. The Morgan fingerprint density at radius 3 is 1.81 bits per heavy atom. The van der Waals surface area contributed by atoms with Gasteiger partial charge in [0.1, 0.15) is 30.3 Å². The van der Waals surface area contributed by atoms with Crippen LogP contribution in [0.1, 0.15) is 50.5 Å². The summed E-state index contributed by atoms with van der Waals surface area (Å²) in [5.74, 6) is -3.42. The van der Waals surface area contributed by atoms with E-state index in [0.29, 0.717) is 5.56 Å². The normalized spacial score (nSPS) is 23.2. The maximum Gasteiger partial charge on any atom is 0.303 e. The summed E-state index contributed by atoms with van der Waals surface area (Å²) in [6.45, 7) is 5.43. The fourth-order valence-electron chi connectivity index (χ4n) is 4.04. The third-order valence-corrected chi connectivity index (χ3v) is 5.27. The van der Waals surface area contributed by atoms with Gasteiger partial charge in [-0.1, -0.05) is 0 Å². The number of ether oxygens (including phenoxy) is 6. The van der Waals surface area contributed by atoms with Crippen LogP contribution in [-0.4, -0.2) is 79.0 Å². The molecule has 0 aromatic heterocycles. The predicted octanol–water partition coefficient (Wildman–Crippen LogP) is 1.27. The molecule has 12 heteroatoms. The van der Waals surface area contributed by atoms with Gasteiger partial charge in [-0.05, 0) is 18.6 Å². The van der Waals surface area contributed by atoms with Crippen LogP contribution in [0, 0.1) is 0 Å². The van der Waals surface area contributed by atoms with E-state index >= 15 is 0 Å². The lowest BCUT2D eigenvalue weighted by molar-refractivity contribution is -0.252. The summed E-state index contributed by atoms with van der Waals surface area (Å²) in [5, 5.41) is 10.4. The van der Waals surface area contributed by atoms with E-state index in [2.05, 4.69) is 0 Å². The molecule has 1 aromatic rings. The van der Waals surface area contributed by atoms with Gasteiger partial charge >= 0.3 is 23.9 Å². The topological polar surface area (TPSA) is 161 Å². The molecule has 12 nitrogen and oxygen atoms in total.